The Morgan fingerprint density at radius 2 is 2.36 bits per heavy atom. The molecule has 0 saturated heterocycles. The lowest BCUT2D eigenvalue weighted by molar-refractivity contribution is -0.122. The lowest BCUT2D eigenvalue weighted by Gasteiger charge is -2.18. The number of hydrogen-bond donors (Lipinski definition) is 3. The topological polar surface area (TPSA) is 104 Å². The van der Waals surface area contributed by atoms with Crippen LogP contribution in [0.15, 0.2) is 15.3 Å². The van der Waals surface area contributed by atoms with E-state index in [1.165, 1.54) is 0 Å². The molecule has 1 amide bonds. The lowest BCUT2D eigenvalue weighted by atomic mass is 10.2. The van der Waals surface area contributed by atoms with Gasteiger partial charge in [-0.25, -0.2) is 4.99 Å². The molecule has 0 saturated carbocycles. The van der Waals surface area contributed by atoms with Gasteiger partial charge in [0.1, 0.15) is 0 Å². The van der Waals surface area contributed by atoms with E-state index in [4.69, 9.17) is 5.73 Å². The van der Waals surface area contributed by atoms with Crippen molar-refractivity contribution in [1.29, 1.82) is 0 Å². The van der Waals surface area contributed by atoms with Gasteiger partial charge in [0.25, 0.3) is 5.91 Å². The van der Waals surface area contributed by atoms with E-state index in [-0.39, 0.29) is 11.9 Å². The maximum Gasteiger partial charge on any atom is 0.255 e. The van der Waals surface area contributed by atoms with Crippen LogP contribution in [0, 0.1) is 0 Å². The Morgan fingerprint density at radius 3 is 3.18 bits per heavy atom. The summed E-state index contributed by atoms with van der Waals surface area (Å²) in [5, 5.41) is 9.47. The average Bonchev–Trinajstić information content (AvgIpc) is 2.34. The number of carbonyl (C=O) groups excluding carboxylic acids is 1. The van der Waals surface area contributed by atoms with Crippen molar-refractivity contribution in [1.82, 2.24) is 10.7 Å². The summed E-state index contributed by atoms with van der Waals surface area (Å²) in [4.78, 5) is 14.9. The van der Waals surface area contributed by atoms with Crippen LogP contribution in [0.1, 0.15) is 0 Å². The monoisotopic (exact) mass is 154 g/mol. The van der Waals surface area contributed by atoms with E-state index in [2.05, 4.69) is 26.1 Å². The molecular formula is C4H6N6O. The van der Waals surface area contributed by atoms with E-state index < -0.39 is 12.2 Å². The molecule has 2 atom stereocenters. The van der Waals surface area contributed by atoms with Gasteiger partial charge >= 0.3 is 0 Å². The van der Waals surface area contributed by atoms with Crippen molar-refractivity contribution in [3.8, 4) is 0 Å². The minimum atomic E-state index is -0.484. The molecule has 0 bridgehead atoms. The molecule has 0 aliphatic carbocycles. The van der Waals surface area contributed by atoms with Crippen LogP contribution in [0.25, 0.3) is 0 Å². The SMILES string of the molecule is NC1=N[C@H]2N=NN[C@@H]2C(=O)N1. The first kappa shape index (κ1) is 6.08. The summed E-state index contributed by atoms with van der Waals surface area (Å²) in [6.07, 6.45) is -0.483. The van der Waals surface area contributed by atoms with E-state index in [0.717, 1.165) is 0 Å². The molecular weight excluding hydrogens is 148 g/mol. The molecule has 2 heterocycles. The van der Waals surface area contributed by atoms with Crippen LogP contribution in [0.2, 0.25) is 0 Å². The summed E-state index contributed by atoms with van der Waals surface area (Å²) in [6, 6.07) is -0.484. The second-order valence-electron chi connectivity index (χ2n) is 2.24. The zero-order valence-corrected chi connectivity index (χ0v) is 5.48. The van der Waals surface area contributed by atoms with E-state index in [1.54, 1.807) is 0 Å². The van der Waals surface area contributed by atoms with Gasteiger partial charge in [-0.05, 0) is 0 Å². The molecule has 0 unspecified atom stereocenters. The van der Waals surface area contributed by atoms with Gasteiger partial charge in [0, 0.05) is 0 Å². The maximum atomic E-state index is 11.0. The molecule has 0 aromatic rings. The molecule has 58 valence electrons. The first-order valence-electron chi connectivity index (χ1n) is 3.07. The van der Waals surface area contributed by atoms with Gasteiger partial charge in [0.15, 0.2) is 18.2 Å². The zero-order chi connectivity index (χ0) is 7.84. The first-order chi connectivity index (χ1) is 5.27. The molecule has 0 spiro atoms. The molecule has 0 radical (unpaired) electrons. The Morgan fingerprint density at radius 1 is 1.55 bits per heavy atom. The number of rotatable bonds is 0. The van der Waals surface area contributed by atoms with Gasteiger partial charge in [-0.3, -0.25) is 15.5 Å². The van der Waals surface area contributed by atoms with E-state index >= 15 is 0 Å². The van der Waals surface area contributed by atoms with Crippen molar-refractivity contribution in [2.24, 2.45) is 21.1 Å². The highest BCUT2D eigenvalue weighted by Crippen LogP contribution is 2.10. The summed E-state index contributed by atoms with van der Waals surface area (Å²) in [7, 11) is 0. The third kappa shape index (κ3) is 0.810. The number of guanidine groups is 1. The predicted octanol–water partition coefficient (Wildman–Crippen LogP) is -1.90. The van der Waals surface area contributed by atoms with Crippen molar-refractivity contribution in [2.75, 3.05) is 0 Å². The molecule has 7 heteroatoms. The third-order valence-electron chi connectivity index (χ3n) is 1.48. The van der Waals surface area contributed by atoms with Crippen molar-refractivity contribution in [3.05, 3.63) is 0 Å². The highest BCUT2D eigenvalue weighted by atomic mass is 16.2. The van der Waals surface area contributed by atoms with Crippen LogP contribution in [0.5, 0.6) is 0 Å². The molecule has 0 aromatic heterocycles. The highest BCUT2D eigenvalue weighted by Gasteiger charge is 2.35. The summed E-state index contributed by atoms with van der Waals surface area (Å²) in [5.74, 6) is -0.147. The Bertz CT molecular complexity index is 257. The van der Waals surface area contributed by atoms with Crippen molar-refractivity contribution in [2.45, 2.75) is 12.2 Å². The second-order valence-corrected chi connectivity index (χ2v) is 2.24. The van der Waals surface area contributed by atoms with Gasteiger partial charge in [-0.15, -0.1) is 5.11 Å². The van der Waals surface area contributed by atoms with Crippen LogP contribution in [0.3, 0.4) is 0 Å². The molecule has 2 aliphatic rings. The van der Waals surface area contributed by atoms with Crippen molar-refractivity contribution >= 4 is 11.9 Å². The van der Waals surface area contributed by atoms with Gasteiger partial charge in [-0.1, -0.05) is 5.22 Å². The number of carbonyl (C=O) groups is 1. The Hall–Kier alpha value is -1.66. The van der Waals surface area contributed by atoms with Gasteiger partial charge in [0.05, 0.1) is 0 Å². The molecule has 2 rings (SSSR count). The van der Waals surface area contributed by atoms with Crippen LogP contribution in [0.4, 0.5) is 0 Å². The number of nitrogens with zero attached hydrogens (tertiary/aromatic N) is 3. The predicted molar refractivity (Wildman–Crippen MR) is 35.3 cm³/mol. The van der Waals surface area contributed by atoms with E-state index in [1.807, 2.05) is 0 Å². The first-order valence-corrected chi connectivity index (χ1v) is 3.07. The van der Waals surface area contributed by atoms with E-state index in [9.17, 15) is 4.79 Å². The number of amides is 1. The largest absolute Gasteiger partial charge is 0.370 e. The molecule has 7 nitrogen and oxygen atoms in total. The maximum absolute atomic E-state index is 11.0. The summed E-state index contributed by atoms with van der Waals surface area (Å²) < 4.78 is 0. The second kappa shape index (κ2) is 1.91. The fourth-order valence-electron chi connectivity index (χ4n) is 0.961. The fourth-order valence-corrected chi connectivity index (χ4v) is 0.961. The summed E-state index contributed by atoms with van der Waals surface area (Å²) >= 11 is 0. The smallest absolute Gasteiger partial charge is 0.255 e. The standard InChI is InChI=1S/C4H6N6O/c5-4-6-2-1(3(11)7-4)8-10-9-2/h1-2H,(H,8,9)(H3,5,6,7,11)/t1-,2-/m0/s1. The number of fused-ring (bicyclic) bond motifs is 1. The molecule has 0 aromatic carbocycles. The average molecular weight is 154 g/mol. The van der Waals surface area contributed by atoms with Gasteiger partial charge in [0.2, 0.25) is 0 Å². The summed E-state index contributed by atoms with van der Waals surface area (Å²) in [5.41, 5.74) is 7.78. The van der Waals surface area contributed by atoms with Crippen LogP contribution < -0.4 is 16.5 Å². The van der Waals surface area contributed by atoms with Crippen LogP contribution >= 0.6 is 0 Å². The minimum Gasteiger partial charge on any atom is -0.370 e. The van der Waals surface area contributed by atoms with E-state index in [0.29, 0.717) is 0 Å². The highest BCUT2D eigenvalue weighted by molar-refractivity contribution is 6.01. The number of nitrogens with two attached hydrogens (primary N) is 1. The Balaban J connectivity index is 2.30. The number of hydrogen-bond acceptors (Lipinski definition) is 6. The molecule has 2 aliphatic heterocycles. The molecule has 4 N–H and O–H groups in total. The summed E-state index contributed by atoms with van der Waals surface area (Å²) in [6.45, 7) is 0. The minimum absolute atomic E-state index is 0.0962. The molecule has 0 fully saturated rings. The fraction of sp³-hybridized carbons (Fsp3) is 0.500. The quantitative estimate of drug-likeness (QED) is 0.379. The van der Waals surface area contributed by atoms with Crippen LogP contribution in [-0.2, 0) is 4.79 Å². The zero-order valence-electron chi connectivity index (χ0n) is 5.48. The van der Waals surface area contributed by atoms with Gasteiger partial charge < -0.3 is 5.73 Å². The van der Waals surface area contributed by atoms with Crippen molar-refractivity contribution in [3.63, 3.8) is 0 Å². The Labute approximate surface area is 61.7 Å². The van der Waals surface area contributed by atoms with Gasteiger partial charge in [-0.2, -0.15) is 0 Å². The van der Waals surface area contributed by atoms with Crippen molar-refractivity contribution < 1.29 is 4.79 Å². The number of aliphatic imine (C=N–C) groups is 1. The number of nitrogens with one attached hydrogen (secondary N) is 2. The third-order valence-corrected chi connectivity index (χ3v) is 1.48. The lowest BCUT2D eigenvalue weighted by Crippen LogP contribution is -2.54. The molecule has 11 heavy (non-hydrogen) atoms. The normalized spacial score (nSPS) is 33.8. The van der Waals surface area contributed by atoms with Crippen LogP contribution in [-0.4, -0.2) is 24.1 Å². The Kier molecular flexibility index (Phi) is 1.05.